The minimum absolute atomic E-state index is 0.513. The number of rotatable bonds is 6. The van der Waals surface area contributed by atoms with Crippen molar-refractivity contribution in [2.24, 2.45) is 5.92 Å². The molecule has 1 heterocycles. The molecule has 3 heteroatoms. The van der Waals surface area contributed by atoms with Crippen LogP contribution in [0.15, 0.2) is 18.5 Å². The number of anilines is 2. The van der Waals surface area contributed by atoms with Gasteiger partial charge in [0.05, 0.1) is 23.8 Å². The van der Waals surface area contributed by atoms with Crippen LogP contribution in [-0.4, -0.2) is 17.6 Å². The maximum absolute atomic E-state index is 4.22. The zero-order chi connectivity index (χ0) is 12.0. The third kappa shape index (κ3) is 3.72. The van der Waals surface area contributed by atoms with Gasteiger partial charge in [0.15, 0.2) is 0 Å². The molecule has 16 heavy (non-hydrogen) atoms. The molecule has 0 spiro atoms. The summed E-state index contributed by atoms with van der Waals surface area (Å²) in [5.41, 5.74) is 2.17. The smallest absolute Gasteiger partial charge is 0.0549 e. The molecular formula is C13H23N3. The van der Waals surface area contributed by atoms with E-state index in [4.69, 9.17) is 0 Å². The molecule has 0 aromatic carbocycles. The summed E-state index contributed by atoms with van der Waals surface area (Å²) in [5, 5.41) is 6.79. The van der Waals surface area contributed by atoms with Crippen LogP contribution in [0.2, 0.25) is 0 Å². The maximum atomic E-state index is 4.22. The maximum Gasteiger partial charge on any atom is 0.0549 e. The fraction of sp³-hybridized carbons (Fsp3) is 0.615. The Balaban J connectivity index is 2.68. The number of nitrogens with one attached hydrogen (secondary N) is 2. The highest BCUT2D eigenvalue weighted by molar-refractivity contribution is 5.54. The first-order valence-electron chi connectivity index (χ1n) is 6.12. The largest absolute Gasteiger partial charge is 0.384 e. The van der Waals surface area contributed by atoms with Gasteiger partial charge in [0.2, 0.25) is 0 Å². The van der Waals surface area contributed by atoms with Gasteiger partial charge in [0.1, 0.15) is 0 Å². The van der Waals surface area contributed by atoms with Crippen LogP contribution in [0, 0.1) is 5.92 Å². The first-order chi connectivity index (χ1) is 7.67. The van der Waals surface area contributed by atoms with Gasteiger partial charge in [0, 0.05) is 12.6 Å². The van der Waals surface area contributed by atoms with Crippen LogP contribution < -0.4 is 10.6 Å². The Hall–Kier alpha value is -1.25. The van der Waals surface area contributed by atoms with Crippen LogP contribution in [-0.2, 0) is 0 Å². The molecule has 0 saturated heterocycles. The molecule has 0 amide bonds. The van der Waals surface area contributed by atoms with Crippen molar-refractivity contribution in [3.05, 3.63) is 18.5 Å². The van der Waals surface area contributed by atoms with E-state index < -0.39 is 0 Å². The van der Waals surface area contributed by atoms with Gasteiger partial charge in [-0.1, -0.05) is 20.8 Å². The molecule has 0 aliphatic heterocycles. The quantitative estimate of drug-likeness (QED) is 0.773. The van der Waals surface area contributed by atoms with Gasteiger partial charge in [-0.25, -0.2) is 0 Å². The van der Waals surface area contributed by atoms with E-state index >= 15 is 0 Å². The Morgan fingerprint density at radius 3 is 2.44 bits per heavy atom. The molecule has 0 saturated carbocycles. The molecule has 1 aromatic rings. The molecule has 3 nitrogen and oxygen atoms in total. The van der Waals surface area contributed by atoms with Gasteiger partial charge in [0.25, 0.3) is 0 Å². The highest BCUT2D eigenvalue weighted by Crippen LogP contribution is 2.17. The summed E-state index contributed by atoms with van der Waals surface area (Å²) >= 11 is 0. The van der Waals surface area contributed by atoms with Crippen LogP contribution in [0.3, 0.4) is 0 Å². The van der Waals surface area contributed by atoms with Crippen molar-refractivity contribution in [1.82, 2.24) is 4.98 Å². The van der Waals surface area contributed by atoms with Crippen LogP contribution in [0.4, 0.5) is 11.4 Å². The van der Waals surface area contributed by atoms with E-state index in [0.717, 1.165) is 24.3 Å². The number of hydrogen-bond acceptors (Lipinski definition) is 3. The molecule has 0 radical (unpaired) electrons. The van der Waals surface area contributed by atoms with Crippen molar-refractivity contribution in [3.8, 4) is 0 Å². The van der Waals surface area contributed by atoms with Crippen molar-refractivity contribution in [1.29, 1.82) is 0 Å². The second-order valence-corrected chi connectivity index (χ2v) is 4.40. The molecule has 1 aromatic heterocycles. The lowest BCUT2D eigenvalue weighted by atomic mass is 10.0. The number of hydrogen-bond donors (Lipinski definition) is 2. The zero-order valence-corrected chi connectivity index (χ0v) is 10.7. The lowest BCUT2D eigenvalue weighted by Crippen LogP contribution is -2.24. The molecular weight excluding hydrogens is 198 g/mol. The van der Waals surface area contributed by atoms with Crippen LogP contribution in [0.1, 0.15) is 34.1 Å². The standard InChI is InChI=1S/C13H23N3/c1-5-13(10(3)4)16-12-7-11(15-6-2)8-14-9-12/h7-10,13,15-16H,5-6H2,1-4H3. The van der Waals surface area contributed by atoms with Crippen molar-refractivity contribution in [2.45, 2.75) is 40.2 Å². The third-order valence-electron chi connectivity index (χ3n) is 2.72. The second kappa shape index (κ2) is 6.36. The van der Waals surface area contributed by atoms with E-state index in [0.29, 0.717) is 12.0 Å². The van der Waals surface area contributed by atoms with Crippen molar-refractivity contribution in [2.75, 3.05) is 17.2 Å². The summed E-state index contributed by atoms with van der Waals surface area (Å²) < 4.78 is 0. The molecule has 0 aliphatic rings. The Bertz CT molecular complexity index is 310. The first-order valence-corrected chi connectivity index (χ1v) is 6.12. The van der Waals surface area contributed by atoms with Gasteiger partial charge in [-0.2, -0.15) is 0 Å². The van der Waals surface area contributed by atoms with Gasteiger partial charge < -0.3 is 10.6 Å². The van der Waals surface area contributed by atoms with Gasteiger partial charge >= 0.3 is 0 Å². The van der Waals surface area contributed by atoms with Crippen LogP contribution >= 0.6 is 0 Å². The van der Waals surface area contributed by atoms with Crippen molar-refractivity contribution >= 4 is 11.4 Å². The molecule has 1 atom stereocenters. The van der Waals surface area contributed by atoms with E-state index in [-0.39, 0.29) is 0 Å². The monoisotopic (exact) mass is 221 g/mol. The van der Waals surface area contributed by atoms with Crippen LogP contribution in [0.5, 0.6) is 0 Å². The Morgan fingerprint density at radius 2 is 1.88 bits per heavy atom. The summed E-state index contributed by atoms with van der Waals surface area (Å²) in [6.07, 6.45) is 4.86. The minimum Gasteiger partial charge on any atom is -0.384 e. The van der Waals surface area contributed by atoms with E-state index in [9.17, 15) is 0 Å². The van der Waals surface area contributed by atoms with Gasteiger partial charge in [-0.15, -0.1) is 0 Å². The zero-order valence-electron chi connectivity index (χ0n) is 10.7. The number of nitrogens with zero attached hydrogens (tertiary/aromatic N) is 1. The first kappa shape index (κ1) is 12.8. The summed E-state index contributed by atoms with van der Waals surface area (Å²) in [4.78, 5) is 4.22. The molecule has 0 fully saturated rings. The average molecular weight is 221 g/mol. The summed E-state index contributed by atoms with van der Waals surface area (Å²) in [6, 6.07) is 2.63. The second-order valence-electron chi connectivity index (χ2n) is 4.40. The SMILES string of the molecule is CCNc1cncc(NC(CC)C(C)C)c1. The summed E-state index contributed by atoms with van der Waals surface area (Å²) in [6.45, 7) is 9.69. The molecule has 0 aliphatic carbocycles. The molecule has 0 bridgehead atoms. The third-order valence-corrected chi connectivity index (χ3v) is 2.72. The van der Waals surface area contributed by atoms with Crippen molar-refractivity contribution < 1.29 is 0 Å². The van der Waals surface area contributed by atoms with E-state index in [1.54, 1.807) is 0 Å². The van der Waals surface area contributed by atoms with E-state index in [2.05, 4.69) is 49.4 Å². The highest BCUT2D eigenvalue weighted by Gasteiger charge is 2.10. The molecule has 90 valence electrons. The lowest BCUT2D eigenvalue weighted by molar-refractivity contribution is 0.511. The normalized spacial score (nSPS) is 12.6. The minimum atomic E-state index is 0.513. The van der Waals surface area contributed by atoms with E-state index in [1.807, 2.05) is 12.4 Å². The summed E-state index contributed by atoms with van der Waals surface area (Å²) in [7, 11) is 0. The Labute approximate surface area is 98.7 Å². The lowest BCUT2D eigenvalue weighted by Gasteiger charge is -2.22. The topological polar surface area (TPSA) is 37.0 Å². The highest BCUT2D eigenvalue weighted by atomic mass is 15.0. The van der Waals surface area contributed by atoms with Gasteiger partial charge in [-0.3, -0.25) is 4.98 Å². The van der Waals surface area contributed by atoms with Gasteiger partial charge in [-0.05, 0) is 25.3 Å². The fourth-order valence-electron chi connectivity index (χ4n) is 1.77. The number of aromatic nitrogens is 1. The van der Waals surface area contributed by atoms with Crippen molar-refractivity contribution in [3.63, 3.8) is 0 Å². The average Bonchev–Trinajstić information content (AvgIpc) is 2.26. The predicted octanol–water partition coefficient (Wildman–Crippen LogP) is 3.36. The van der Waals surface area contributed by atoms with E-state index in [1.165, 1.54) is 0 Å². The Morgan fingerprint density at radius 1 is 1.19 bits per heavy atom. The van der Waals surface area contributed by atoms with Crippen LogP contribution in [0.25, 0.3) is 0 Å². The predicted molar refractivity (Wildman–Crippen MR) is 70.9 cm³/mol. The molecule has 2 N–H and O–H groups in total. The number of pyridine rings is 1. The molecule has 1 unspecified atom stereocenters. The Kier molecular flexibility index (Phi) is 5.09. The molecule has 1 rings (SSSR count). The fourth-order valence-corrected chi connectivity index (χ4v) is 1.77. The summed E-state index contributed by atoms with van der Waals surface area (Å²) in [5.74, 6) is 0.632.